The van der Waals surface area contributed by atoms with Gasteiger partial charge in [-0.3, -0.25) is 4.57 Å². The minimum Gasteiger partial charge on any atom is -0.507 e. The van der Waals surface area contributed by atoms with Crippen LogP contribution in [0.2, 0.25) is 0 Å². The van der Waals surface area contributed by atoms with Crippen molar-refractivity contribution in [1.29, 1.82) is 0 Å². The van der Waals surface area contributed by atoms with E-state index in [1.54, 1.807) is 12.2 Å². The Bertz CT molecular complexity index is 405. The average Bonchev–Trinajstić information content (AvgIpc) is 2.02. The maximum atomic E-state index is 10.8. The molecule has 1 rings (SSSR count). The Balaban J connectivity index is 3.21. The topological polar surface area (TPSA) is 77.8 Å². The van der Waals surface area contributed by atoms with Crippen LogP contribution in [-0.2, 0) is 4.57 Å². The number of aromatic hydroxyl groups is 1. The normalized spacial score (nSPS) is 12.2. The van der Waals surface area contributed by atoms with E-state index in [2.05, 4.69) is 0 Å². The first-order chi connectivity index (χ1) is 6.45. The minimum absolute atomic E-state index is 0.342. The highest BCUT2D eigenvalue weighted by molar-refractivity contribution is 7.60. The summed E-state index contributed by atoms with van der Waals surface area (Å²) in [5, 5.41) is 8.99. The molecule has 0 bridgehead atoms. The van der Waals surface area contributed by atoms with Crippen molar-refractivity contribution < 1.29 is 19.5 Å². The van der Waals surface area contributed by atoms with Crippen molar-refractivity contribution in [2.24, 2.45) is 0 Å². The zero-order chi connectivity index (χ0) is 10.8. The molecule has 1 aromatic carbocycles. The SMILES string of the molecule is C/C=C/c1ccc(P(=O)(O)O)c(O)c1. The van der Waals surface area contributed by atoms with E-state index in [1.807, 2.05) is 6.92 Å². The Morgan fingerprint density at radius 3 is 2.43 bits per heavy atom. The number of rotatable bonds is 2. The third-order valence-corrected chi connectivity index (χ3v) is 2.68. The second-order valence-corrected chi connectivity index (χ2v) is 4.36. The van der Waals surface area contributed by atoms with Gasteiger partial charge in [-0.25, -0.2) is 0 Å². The minimum atomic E-state index is -4.37. The molecule has 0 saturated carbocycles. The Morgan fingerprint density at radius 2 is 2.00 bits per heavy atom. The Hall–Kier alpha value is -1.09. The van der Waals surface area contributed by atoms with Crippen LogP contribution in [-0.4, -0.2) is 14.9 Å². The predicted octanol–water partition coefficient (Wildman–Crippen LogP) is 1.23. The molecule has 0 aliphatic carbocycles. The van der Waals surface area contributed by atoms with Gasteiger partial charge < -0.3 is 14.9 Å². The Morgan fingerprint density at radius 1 is 1.36 bits per heavy atom. The van der Waals surface area contributed by atoms with Gasteiger partial charge in [0, 0.05) is 0 Å². The lowest BCUT2D eigenvalue weighted by molar-refractivity contribution is 0.384. The molecule has 0 amide bonds. The van der Waals surface area contributed by atoms with E-state index in [0.717, 1.165) is 0 Å². The second-order valence-electron chi connectivity index (χ2n) is 2.79. The molecular formula is C9H11O4P. The predicted molar refractivity (Wildman–Crippen MR) is 54.5 cm³/mol. The molecule has 76 valence electrons. The van der Waals surface area contributed by atoms with Crippen molar-refractivity contribution in [2.45, 2.75) is 6.92 Å². The molecule has 0 aliphatic rings. The van der Waals surface area contributed by atoms with Gasteiger partial charge in [-0.1, -0.05) is 18.2 Å². The van der Waals surface area contributed by atoms with Crippen LogP contribution in [0, 0.1) is 0 Å². The number of allylic oxidation sites excluding steroid dienone is 1. The number of hydrogen-bond acceptors (Lipinski definition) is 2. The van der Waals surface area contributed by atoms with Crippen LogP contribution in [0.5, 0.6) is 5.75 Å². The van der Waals surface area contributed by atoms with Crippen LogP contribution >= 0.6 is 7.60 Å². The number of hydrogen-bond donors (Lipinski definition) is 3. The molecule has 0 fully saturated rings. The second kappa shape index (κ2) is 3.96. The van der Waals surface area contributed by atoms with E-state index in [-0.39, 0.29) is 11.1 Å². The molecule has 0 aromatic heterocycles. The molecule has 0 spiro atoms. The van der Waals surface area contributed by atoms with Gasteiger partial charge in [0.25, 0.3) is 0 Å². The summed E-state index contributed by atoms with van der Waals surface area (Å²) >= 11 is 0. The lowest BCUT2D eigenvalue weighted by atomic mass is 10.2. The van der Waals surface area contributed by atoms with E-state index in [1.165, 1.54) is 18.2 Å². The molecule has 0 atom stereocenters. The summed E-state index contributed by atoms with van der Waals surface area (Å²) in [5.74, 6) is -0.381. The third kappa shape index (κ3) is 2.45. The zero-order valence-electron chi connectivity index (χ0n) is 7.58. The van der Waals surface area contributed by atoms with Crippen molar-refractivity contribution in [3.05, 3.63) is 29.8 Å². The summed E-state index contributed by atoms with van der Waals surface area (Å²) in [6, 6.07) is 4.08. The highest BCUT2D eigenvalue weighted by Gasteiger charge is 2.21. The van der Waals surface area contributed by atoms with Gasteiger partial charge in [0.2, 0.25) is 0 Å². The largest absolute Gasteiger partial charge is 0.507 e. The number of phenols is 1. The highest BCUT2D eigenvalue weighted by atomic mass is 31.2. The standard InChI is InChI=1S/C9H11O4P/c1-2-3-7-4-5-9(8(10)6-7)14(11,12)13/h2-6,10H,1H3,(H2,11,12,13)/b3-2+. The summed E-state index contributed by atoms with van der Waals surface area (Å²) in [7, 11) is -4.37. The molecule has 3 N–H and O–H groups in total. The molecule has 1 aromatic rings. The maximum absolute atomic E-state index is 10.8. The quantitative estimate of drug-likeness (QED) is 0.647. The van der Waals surface area contributed by atoms with Crippen LogP contribution in [0.4, 0.5) is 0 Å². The van der Waals surface area contributed by atoms with E-state index in [4.69, 9.17) is 9.79 Å². The van der Waals surface area contributed by atoms with Gasteiger partial charge >= 0.3 is 7.60 Å². The lowest BCUT2D eigenvalue weighted by Crippen LogP contribution is -2.04. The number of benzene rings is 1. The molecule has 0 heterocycles. The van der Waals surface area contributed by atoms with Crippen LogP contribution in [0.3, 0.4) is 0 Å². The highest BCUT2D eigenvalue weighted by Crippen LogP contribution is 2.37. The summed E-state index contributed by atoms with van der Waals surface area (Å²) in [6.45, 7) is 1.81. The zero-order valence-corrected chi connectivity index (χ0v) is 8.48. The smallest absolute Gasteiger partial charge is 0.359 e. The maximum Gasteiger partial charge on any atom is 0.359 e. The fourth-order valence-electron chi connectivity index (χ4n) is 1.08. The summed E-state index contributed by atoms with van der Waals surface area (Å²) < 4.78 is 10.8. The summed E-state index contributed by atoms with van der Waals surface area (Å²) in [6.07, 6.45) is 3.50. The van der Waals surface area contributed by atoms with Gasteiger partial charge in [-0.2, -0.15) is 0 Å². The first-order valence-corrected chi connectivity index (χ1v) is 5.58. The van der Waals surface area contributed by atoms with E-state index >= 15 is 0 Å². The van der Waals surface area contributed by atoms with Gasteiger partial charge in [0.1, 0.15) is 11.1 Å². The fourth-order valence-corrected chi connectivity index (χ4v) is 1.71. The summed E-state index contributed by atoms with van der Waals surface area (Å²) in [5.41, 5.74) is 0.696. The van der Waals surface area contributed by atoms with Crippen LogP contribution < -0.4 is 5.30 Å². The molecule has 4 nitrogen and oxygen atoms in total. The molecule has 0 unspecified atom stereocenters. The van der Waals surface area contributed by atoms with Gasteiger partial charge in [-0.05, 0) is 24.6 Å². The van der Waals surface area contributed by atoms with E-state index in [0.29, 0.717) is 5.56 Å². The molecule has 0 radical (unpaired) electrons. The van der Waals surface area contributed by atoms with Crippen molar-refractivity contribution in [3.8, 4) is 5.75 Å². The van der Waals surface area contributed by atoms with Crippen molar-refractivity contribution >= 4 is 19.0 Å². The fraction of sp³-hybridized carbons (Fsp3) is 0.111. The van der Waals surface area contributed by atoms with Crippen LogP contribution in [0.1, 0.15) is 12.5 Å². The van der Waals surface area contributed by atoms with Crippen molar-refractivity contribution in [1.82, 2.24) is 0 Å². The van der Waals surface area contributed by atoms with Gasteiger partial charge in [0.15, 0.2) is 0 Å². The summed E-state index contributed by atoms with van der Waals surface area (Å²) in [4.78, 5) is 17.6. The van der Waals surface area contributed by atoms with Crippen LogP contribution in [0.15, 0.2) is 24.3 Å². The third-order valence-electron chi connectivity index (χ3n) is 1.67. The Kier molecular flexibility index (Phi) is 3.11. The van der Waals surface area contributed by atoms with Gasteiger partial charge in [-0.15, -0.1) is 0 Å². The Labute approximate surface area is 81.7 Å². The van der Waals surface area contributed by atoms with E-state index in [9.17, 15) is 9.67 Å². The molecule has 14 heavy (non-hydrogen) atoms. The first-order valence-electron chi connectivity index (χ1n) is 3.97. The molecule has 0 aliphatic heterocycles. The van der Waals surface area contributed by atoms with Crippen LogP contribution in [0.25, 0.3) is 6.08 Å². The van der Waals surface area contributed by atoms with Gasteiger partial charge in [0.05, 0.1) is 0 Å². The number of phenolic OH excluding ortho intramolecular Hbond substituents is 1. The molecular weight excluding hydrogens is 203 g/mol. The first kappa shape index (κ1) is 11.0. The van der Waals surface area contributed by atoms with E-state index < -0.39 is 7.60 Å². The molecule has 0 saturated heterocycles. The van der Waals surface area contributed by atoms with Crippen molar-refractivity contribution in [3.63, 3.8) is 0 Å². The van der Waals surface area contributed by atoms with Crippen molar-refractivity contribution in [2.75, 3.05) is 0 Å². The average molecular weight is 214 g/mol. The molecule has 5 heteroatoms. The monoisotopic (exact) mass is 214 g/mol. The lowest BCUT2D eigenvalue weighted by Gasteiger charge is -2.06.